The largest absolute Gasteiger partial charge is 0.393 e. The molecule has 0 fully saturated rings. The summed E-state index contributed by atoms with van der Waals surface area (Å²) in [6.07, 6.45) is 0. The van der Waals surface area contributed by atoms with Gasteiger partial charge in [-0.25, -0.2) is 0 Å². The van der Waals surface area contributed by atoms with Crippen molar-refractivity contribution in [3.63, 3.8) is 0 Å². The summed E-state index contributed by atoms with van der Waals surface area (Å²) >= 11 is 5.45. The van der Waals surface area contributed by atoms with Gasteiger partial charge in [0.25, 0.3) is 15.8 Å². The number of halogens is 1. The van der Waals surface area contributed by atoms with Crippen LogP contribution in [0.15, 0.2) is 17.0 Å². The Balaban J connectivity index is 3.58. The van der Waals surface area contributed by atoms with Crippen molar-refractivity contribution >= 4 is 33.1 Å². The summed E-state index contributed by atoms with van der Waals surface area (Å²) in [4.78, 5) is 8.80. The highest BCUT2D eigenvalue weighted by Gasteiger charge is 2.22. The molecule has 0 radical (unpaired) electrons. The number of nitro groups is 1. The topological polar surface area (TPSA) is 124 Å². The minimum absolute atomic E-state index is 0.280. The van der Waals surface area contributed by atoms with E-state index in [1.54, 1.807) is 0 Å². The van der Waals surface area contributed by atoms with E-state index in [1.165, 1.54) is 0 Å². The van der Waals surface area contributed by atoms with Crippen LogP contribution in [-0.2, 0) is 10.1 Å². The van der Waals surface area contributed by atoms with Crippen LogP contribution in [0.5, 0.6) is 0 Å². The predicted molar refractivity (Wildman–Crippen MR) is 52.3 cm³/mol. The van der Waals surface area contributed by atoms with E-state index in [0.29, 0.717) is 6.07 Å². The zero-order valence-electron chi connectivity index (χ0n) is 7.05. The predicted octanol–water partition coefficient (Wildman–Crippen LogP) is 1.08. The van der Waals surface area contributed by atoms with Gasteiger partial charge in [0.05, 0.1) is 9.95 Å². The summed E-state index contributed by atoms with van der Waals surface area (Å²) in [6.45, 7) is 0. The van der Waals surface area contributed by atoms with Gasteiger partial charge < -0.3 is 5.73 Å². The SMILES string of the molecule is Nc1cc(Cl)c(S(=O)(=O)O)cc1[N+](=O)[O-]. The van der Waals surface area contributed by atoms with Gasteiger partial charge in [0.15, 0.2) is 0 Å². The summed E-state index contributed by atoms with van der Waals surface area (Å²) in [6, 6.07) is 1.50. The lowest BCUT2D eigenvalue weighted by Crippen LogP contribution is -2.03. The van der Waals surface area contributed by atoms with Crippen molar-refractivity contribution in [2.75, 3.05) is 5.73 Å². The van der Waals surface area contributed by atoms with Crippen LogP contribution >= 0.6 is 11.6 Å². The Morgan fingerprint density at radius 2 is 2.00 bits per heavy atom. The number of nitrogen functional groups attached to an aromatic ring is 1. The summed E-state index contributed by atoms with van der Waals surface area (Å²) in [5.41, 5.74) is 4.32. The van der Waals surface area contributed by atoms with Gasteiger partial charge in [0.2, 0.25) is 0 Å². The molecular formula is C6H5ClN2O5S. The molecule has 0 spiro atoms. The van der Waals surface area contributed by atoms with E-state index in [9.17, 15) is 18.5 Å². The van der Waals surface area contributed by atoms with Crippen LogP contribution in [0, 0.1) is 10.1 Å². The monoisotopic (exact) mass is 252 g/mol. The minimum atomic E-state index is -4.60. The highest BCUT2D eigenvalue weighted by atomic mass is 35.5. The maximum Gasteiger partial charge on any atom is 0.296 e. The molecule has 0 saturated carbocycles. The summed E-state index contributed by atoms with van der Waals surface area (Å²) in [5, 5.41) is 10.0. The second-order valence-corrected chi connectivity index (χ2v) is 4.37. The van der Waals surface area contributed by atoms with Crippen molar-refractivity contribution in [2.45, 2.75) is 4.90 Å². The van der Waals surface area contributed by atoms with Crippen molar-refractivity contribution < 1.29 is 17.9 Å². The molecule has 82 valence electrons. The maximum absolute atomic E-state index is 10.7. The number of benzene rings is 1. The van der Waals surface area contributed by atoms with E-state index in [-0.39, 0.29) is 10.7 Å². The molecule has 15 heavy (non-hydrogen) atoms. The van der Waals surface area contributed by atoms with Gasteiger partial charge >= 0.3 is 0 Å². The van der Waals surface area contributed by atoms with E-state index in [4.69, 9.17) is 21.9 Å². The van der Waals surface area contributed by atoms with E-state index in [0.717, 1.165) is 6.07 Å². The van der Waals surface area contributed by atoms with Gasteiger partial charge in [0.1, 0.15) is 10.6 Å². The fourth-order valence-electron chi connectivity index (χ4n) is 0.914. The Kier molecular flexibility index (Phi) is 2.84. The fourth-order valence-corrected chi connectivity index (χ4v) is 1.94. The second kappa shape index (κ2) is 3.65. The molecule has 3 N–H and O–H groups in total. The number of rotatable bonds is 2. The molecule has 1 rings (SSSR count). The van der Waals surface area contributed by atoms with E-state index in [1.807, 2.05) is 0 Å². The maximum atomic E-state index is 10.7. The number of nitro benzene ring substituents is 1. The quantitative estimate of drug-likeness (QED) is 0.351. The Bertz CT molecular complexity index is 527. The van der Waals surface area contributed by atoms with Crippen molar-refractivity contribution in [3.8, 4) is 0 Å². The van der Waals surface area contributed by atoms with Crippen LogP contribution in [0.2, 0.25) is 5.02 Å². The van der Waals surface area contributed by atoms with E-state index >= 15 is 0 Å². The first kappa shape index (κ1) is 11.7. The van der Waals surface area contributed by atoms with Gasteiger partial charge in [-0.15, -0.1) is 0 Å². The minimum Gasteiger partial charge on any atom is -0.393 e. The Morgan fingerprint density at radius 3 is 2.40 bits per heavy atom. The van der Waals surface area contributed by atoms with Crippen molar-refractivity contribution in [2.24, 2.45) is 0 Å². The lowest BCUT2D eigenvalue weighted by atomic mass is 10.3. The Labute approximate surface area is 89.4 Å². The molecule has 0 aliphatic rings. The van der Waals surface area contributed by atoms with Crippen molar-refractivity contribution in [1.82, 2.24) is 0 Å². The van der Waals surface area contributed by atoms with Gasteiger partial charge in [-0.05, 0) is 6.07 Å². The molecule has 0 bridgehead atoms. The number of hydrogen-bond donors (Lipinski definition) is 2. The third kappa shape index (κ3) is 2.35. The highest BCUT2D eigenvalue weighted by molar-refractivity contribution is 7.86. The molecule has 1 aromatic rings. The van der Waals surface area contributed by atoms with Crippen LogP contribution < -0.4 is 5.73 Å². The van der Waals surface area contributed by atoms with Gasteiger partial charge in [-0.1, -0.05) is 11.6 Å². The number of nitrogens with two attached hydrogens (primary N) is 1. The lowest BCUT2D eigenvalue weighted by Gasteiger charge is -2.02. The third-order valence-electron chi connectivity index (χ3n) is 1.56. The molecule has 0 unspecified atom stereocenters. The smallest absolute Gasteiger partial charge is 0.296 e. The first-order valence-corrected chi connectivity index (χ1v) is 5.26. The Hall–Kier alpha value is -1.38. The molecule has 0 aliphatic heterocycles. The van der Waals surface area contributed by atoms with Crippen molar-refractivity contribution in [3.05, 3.63) is 27.3 Å². The molecule has 0 aromatic heterocycles. The summed E-state index contributed by atoms with van der Waals surface area (Å²) < 4.78 is 30.2. The van der Waals surface area contributed by atoms with E-state index < -0.39 is 25.6 Å². The standard InChI is InChI=1S/C6H5ClN2O5S/c7-3-1-4(8)5(9(10)11)2-6(3)15(12,13)14/h1-2H,8H2,(H,12,13,14). The number of nitrogens with zero attached hydrogens (tertiary/aromatic N) is 1. The molecule has 1 aromatic carbocycles. The molecule has 9 heteroatoms. The third-order valence-corrected chi connectivity index (χ3v) is 2.87. The second-order valence-electron chi connectivity index (χ2n) is 2.57. The van der Waals surface area contributed by atoms with Crippen LogP contribution in [0.25, 0.3) is 0 Å². The average Bonchev–Trinajstić information content (AvgIpc) is 2.00. The first-order valence-electron chi connectivity index (χ1n) is 3.44. The van der Waals surface area contributed by atoms with Gasteiger partial charge in [0, 0.05) is 6.07 Å². The first-order chi connectivity index (χ1) is 6.73. The zero-order valence-corrected chi connectivity index (χ0v) is 8.62. The summed E-state index contributed by atoms with van der Waals surface area (Å²) in [5.74, 6) is 0. The molecule has 0 amide bonds. The molecular weight excluding hydrogens is 248 g/mol. The number of anilines is 1. The molecule has 0 heterocycles. The van der Waals surface area contributed by atoms with Crippen LogP contribution in [0.4, 0.5) is 11.4 Å². The zero-order chi connectivity index (χ0) is 11.8. The van der Waals surface area contributed by atoms with Crippen LogP contribution in [0.3, 0.4) is 0 Å². The van der Waals surface area contributed by atoms with Crippen LogP contribution in [-0.4, -0.2) is 17.9 Å². The number of hydrogen-bond acceptors (Lipinski definition) is 5. The normalized spacial score (nSPS) is 11.3. The van der Waals surface area contributed by atoms with Crippen LogP contribution in [0.1, 0.15) is 0 Å². The van der Waals surface area contributed by atoms with Gasteiger partial charge in [-0.2, -0.15) is 8.42 Å². The Morgan fingerprint density at radius 1 is 1.47 bits per heavy atom. The molecule has 0 atom stereocenters. The van der Waals surface area contributed by atoms with E-state index in [2.05, 4.69) is 0 Å². The highest BCUT2D eigenvalue weighted by Crippen LogP contribution is 2.31. The van der Waals surface area contributed by atoms with Gasteiger partial charge in [-0.3, -0.25) is 14.7 Å². The average molecular weight is 253 g/mol. The fraction of sp³-hybridized carbons (Fsp3) is 0. The molecule has 7 nitrogen and oxygen atoms in total. The van der Waals surface area contributed by atoms with Crippen molar-refractivity contribution in [1.29, 1.82) is 0 Å². The molecule has 0 saturated heterocycles. The summed E-state index contributed by atoms with van der Waals surface area (Å²) in [7, 11) is -4.60. The molecule has 0 aliphatic carbocycles. The lowest BCUT2D eigenvalue weighted by molar-refractivity contribution is -0.384.